The predicted octanol–water partition coefficient (Wildman–Crippen LogP) is 3.55. The Labute approximate surface area is 219 Å². The standard InChI is InChI=1S/C27H31N5O6/c28-20-13-21-27(31-17-30-21)22(14-20)37-16-19-9-7-18(8-10-19)15-29-23(33)5-3-1-2-4-6-26(36)38-32-24(34)11-12-25(32)35/h7-14,17,34-35H,1-6,15-16,28H2,(H,29,33)(H,30,31). The minimum atomic E-state index is -0.554. The van der Waals surface area contributed by atoms with Gasteiger partial charge < -0.3 is 35.8 Å². The van der Waals surface area contributed by atoms with E-state index in [0.717, 1.165) is 35.0 Å². The van der Waals surface area contributed by atoms with E-state index in [2.05, 4.69) is 15.3 Å². The number of anilines is 1. The molecule has 0 bridgehead atoms. The Kier molecular flexibility index (Phi) is 8.70. The lowest BCUT2D eigenvalue weighted by atomic mass is 10.1. The van der Waals surface area contributed by atoms with Crippen LogP contribution in [0.4, 0.5) is 5.69 Å². The number of ether oxygens (including phenoxy) is 1. The average Bonchev–Trinajstić information content (AvgIpc) is 3.50. The first-order valence-electron chi connectivity index (χ1n) is 12.4. The van der Waals surface area contributed by atoms with Crippen LogP contribution in [-0.4, -0.2) is 36.8 Å². The smallest absolute Gasteiger partial charge is 0.333 e. The molecular weight excluding hydrogens is 490 g/mol. The molecule has 0 aliphatic heterocycles. The van der Waals surface area contributed by atoms with Crippen molar-refractivity contribution in [3.63, 3.8) is 0 Å². The first kappa shape index (κ1) is 26.4. The van der Waals surface area contributed by atoms with E-state index < -0.39 is 5.97 Å². The number of nitrogens with two attached hydrogens (primary N) is 1. The van der Waals surface area contributed by atoms with Crippen LogP contribution < -0.4 is 20.6 Å². The van der Waals surface area contributed by atoms with Crippen molar-refractivity contribution in [3.8, 4) is 17.5 Å². The number of hydrogen-bond acceptors (Lipinski definition) is 8. The summed E-state index contributed by atoms with van der Waals surface area (Å²) >= 11 is 0. The molecule has 0 aliphatic carbocycles. The number of unbranched alkanes of at least 4 members (excludes halogenated alkanes) is 3. The van der Waals surface area contributed by atoms with Crippen LogP contribution in [0.15, 0.2) is 54.9 Å². The van der Waals surface area contributed by atoms with E-state index in [1.807, 2.05) is 30.3 Å². The number of amides is 1. The summed E-state index contributed by atoms with van der Waals surface area (Å²) in [4.78, 5) is 36.2. The summed E-state index contributed by atoms with van der Waals surface area (Å²) < 4.78 is 6.60. The number of carbonyl (C=O) groups is 2. The zero-order valence-electron chi connectivity index (χ0n) is 20.9. The van der Waals surface area contributed by atoms with Crippen molar-refractivity contribution in [1.82, 2.24) is 20.0 Å². The van der Waals surface area contributed by atoms with Crippen LogP contribution in [0, 0.1) is 0 Å². The van der Waals surface area contributed by atoms with Crippen molar-refractivity contribution in [2.24, 2.45) is 0 Å². The van der Waals surface area contributed by atoms with Gasteiger partial charge in [-0.25, -0.2) is 9.78 Å². The largest absolute Gasteiger partial charge is 0.492 e. The number of rotatable bonds is 13. The Morgan fingerprint density at radius 1 is 0.947 bits per heavy atom. The van der Waals surface area contributed by atoms with E-state index in [1.54, 1.807) is 12.4 Å². The lowest BCUT2D eigenvalue weighted by Gasteiger charge is -2.09. The highest BCUT2D eigenvalue weighted by Crippen LogP contribution is 2.27. The number of hydrogen-bond donors (Lipinski definition) is 5. The molecule has 0 radical (unpaired) electrons. The van der Waals surface area contributed by atoms with Gasteiger partial charge in [0.15, 0.2) is 0 Å². The number of nitrogens with one attached hydrogen (secondary N) is 2. The highest BCUT2D eigenvalue weighted by molar-refractivity contribution is 5.84. The molecule has 2 heterocycles. The molecule has 6 N–H and O–H groups in total. The minimum Gasteiger partial charge on any atom is -0.492 e. The SMILES string of the molecule is Nc1cc(OCc2ccc(CNC(=O)CCCCCCC(=O)On3c(O)ccc3O)cc2)c2nc[nH]c2c1. The number of aromatic nitrogens is 3. The highest BCUT2D eigenvalue weighted by Gasteiger charge is 2.12. The quantitative estimate of drug-likeness (QED) is 0.132. The van der Waals surface area contributed by atoms with Crippen LogP contribution in [0.2, 0.25) is 0 Å². The number of carbonyl (C=O) groups excluding carboxylic acids is 2. The van der Waals surface area contributed by atoms with Gasteiger partial charge in [-0.15, -0.1) is 4.73 Å². The third-order valence-corrected chi connectivity index (χ3v) is 5.94. The number of imidazole rings is 1. The number of nitrogens with zero attached hydrogens (tertiary/aromatic N) is 2. The summed E-state index contributed by atoms with van der Waals surface area (Å²) in [5.74, 6) is -0.661. The summed E-state index contributed by atoms with van der Waals surface area (Å²) in [6.45, 7) is 0.807. The maximum Gasteiger partial charge on any atom is 0.333 e. The molecule has 4 rings (SSSR count). The van der Waals surface area contributed by atoms with Gasteiger partial charge in [-0.2, -0.15) is 0 Å². The van der Waals surface area contributed by atoms with Crippen molar-refractivity contribution in [3.05, 3.63) is 66.0 Å². The highest BCUT2D eigenvalue weighted by atomic mass is 16.7. The molecule has 0 spiro atoms. The van der Waals surface area contributed by atoms with E-state index >= 15 is 0 Å². The molecule has 38 heavy (non-hydrogen) atoms. The second-order valence-electron chi connectivity index (χ2n) is 8.92. The lowest BCUT2D eigenvalue weighted by molar-refractivity contribution is -0.145. The molecule has 0 atom stereocenters. The van der Waals surface area contributed by atoms with Crippen molar-refractivity contribution in [2.45, 2.75) is 51.7 Å². The third-order valence-electron chi connectivity index (χ3n) is 5.94. The molecule has 1 amide bonds. The number of fused-ring (bicyclic) bond motifs is 1. The predicted molar refractivity (Wildman–Crippen MR) is 140 cm³/mol. The van der Waals surface area contributed by atoms with Crippen LogP contribution in [0.5, 0.6) is 17.5 Å². The van der Waals surface area contributed by atoms with Crippen LogP contribution in [0.1, 0.15) is 49.7 Å². The van der Waals surface area contributed by atoms with E-state index in [4.69, 9.17) is 15.3 Å². The van der Waals surface area contributed by atoms with E-state index in [-0.39, 0.29) is 24.1 Å². The molecule has 2 aromatic carbocycles. The van der Waals surface area contributed by atoms with Gasteiger partial charge in [0, 0.05) is 43.3 Å². The van der Waals surface area contributed by atoms with Gasteiger partial charge in [0.25, 0.3) is 0 Å². The lowest BCUT2D eigenvalue weighted by Crippen LogP contribution is -2.22. The van der Waals surface area contributed by atoms with Crippen LogP contribution in [-0.2, 0) is 22.7 Å². The van der Waals surface area contributed by atoms with Gasteiger partial charge in [0.2, 0.25) is 17.7 Å². The van der Waals surface area contributed by atoms with E-state index in [1.165, 1.54) is 12.1 Å². The third kappa shape index (κ3) is 7.19. The molecule has 0 aliphatic rings. The summed E-state index contributed by atoms with van der Waals surface area (Å²) in [5.41, 5.74) is 10.0. The first-order valence-corrected chi connectivity index (χ1v) is 12.4. The minimum absolute atomic E-state index is 0.0277. The molecule has 2 aromatic heterocycles. The van der Waals surface area contributed by atoms with Gasteiger partial charge in [-0.3, -0.25) is 4.79 Å². The van der Waals surface area contributed by atoms with Crippen LogP contribution in [0.3, 0.4) is 0 Å². The van der Waals surface area contributed by atoms with Crippen LogP contribution >= 0.6 is 0 Å². The summed E-state index contributed by atoms with van der Waals surface area (Å²) in [6.07, 6.45) is 5.02. The fraction of sp³-hybridized carbons (Fsp3) is 0.296. The Hall–Kier alpha value is -4.67. The number of aromatic amines is 1. The van der Waals surface area contributed by atoms with Crippen molar-refractivity contribution >= 4 is 28.6 Å². The van der Waals surface area contributed by atoms with Crippen molar-refractivity contribution in [1.29, 1.82) is 0 Å². The normalized spacial score (nSPS) is 10.9. The summed E-state index contributed by atoms with van der Waals surface area (Å²) in [7, 11) is 0. The van der Waals surface area contributed by atoms with Crippen molar-refractivity contribution < 1.29 is 29.4 Å². The Morgan fingerprint density at radius 2 is 1.63 bits per heavy atom. The number of nitrogen functional groups attached to an aromatic ring is 1. The zero-order valence-corrected chi connectivity index (χ0v) is 20.9. The monoisotopic (exact) mass is 521 g/mol. The number of benzene rings is 2. The average molecular weight is 522 g/mol. The summed E-state index contributed by atoms with van der Waals surface area (Å²) in [6, 6.07) is 13.8. The molecule has 4 aromatic rings. The molecule has 0 saturated carbocycles. The number of H-pyrrole nitrogens is 1. The molecule has 11 nitrogen and oxygen atoms in total. The fourth-order valence-corrected chi connectivity index (χ4v) is 3.90. The van der Waals surface area contributed by atoms with Gasteiger partial charge in [0.1, 0.15) is 17.9 Å². The van der Waals surface area contributed by atoms with Gasteiger partial charge in [0.05, 0.1) is 11.8 Å². The molecule has 11 heteroatoms. The Morgan fingerprint density at radius 3 is 2.37 bits per heavy atom. The second kappa shape index (κ2) is 12.5. The van der Waals surface area contributed by atoms with Gasteiger partial charge in [-0.05, 0) is 30.0 Å². The zero-order chi connectivity index (χ0) is 26.9. The molecule has 0 fully saturated rings. The second-order valence-corrected chi connectivity index (χ2v) is 8.92. The van der Waals surface area contributed by atoms with Gasteiger partial charge >= 0.3 is 5.97 Å². The molecule has 0 unspecified atom stereocenters. The first-order chi connectivity index (χ1) is 18.4. The maximum absolute atomic E-state index is 12.2. The maximum atomic E-state index is 12.2. The van der Waals surface area contributed by atoms with Gasteiger partial charge in [-0.1, -0.05) is 37.1 Å². The Bertz CT molecular complexity index is 1360. The summed E-state index contributed by atoms with van der Waals surface area (Å²) in [5, 5.41) is 21.9. The molecule has 200 valence electrons. The topological polar surface area (TPSA) is 165 Å². The van der Waals surface area contributed by atoms with E-state index in [9.17, 15) is 19.8 Å². The number of aromatic hydroxyl groups is 2. The van der Waals surface area contributed by atoms with Crippen LogP contribution in [0.25, 0.3) is 11.0 Å². The Balaban J connectivity index is 1.09. The van der Waals surface area contributed by atoms with Crippen molar-refractivity contribution in [2.75, 3.05) is 5.73 Å². The fourth-order valence-electron chi connectivity index (χ4n) is 3.90. The molecular formula is C27H31N5O6. The van der Waals surface area contributed by atoms with E-state index in [0.29, 0.717) is 48.6 Å². The molecule has 0 saturated heterocycles.